The van der Waals surface area contributed by atoms with Crippen molar-refractivity contribution in [2.24, 2.45) is 11.1 Å². The van der Waals surface area contributed by atoms with Crippen LogP contribution in [0, 0.1) is 11.2 Å². The second kappa shape index (κ2) is 8.60. The van der Waals surface area contributed by atoms with Gasteiger partial charge in [0.25, 0.3) is 5.56 Å². The number of carbonyl (C=O) groups is 2. The van der Waals surface area contributed by atoms with Gasteiger partial charge in [-0.3, -0.25) is 4.79 Å². The van der Waals surface area contributed by atoms with E-state index in [1.807, 2.05) is 20.8 Å². The molecule has 3 aromatic rings. The molecule has 2 atom stereocenters. The molecule has 4 N–H and O–H groups in total. The van der Waals surface area contributed by atoms with Crippen molar-refractivity contribution in [3.63, 3.8) is 0 Å². The van der Waals surface area contributed by atoms with Crippen LogP contribution in [0.25, 0.3) is 22.3 Å². The van der Waals surface area contributed by atoms with Crippen molar-refractivity contribution in [1.29, 1.82) is 0 Å². The van der Waals surface area contributed by atoms with Crippen LogP contribution < -0.4 is 21.3 Å². The first-order valence-electron chi connectivity index (χ1n) is 12.3. The third-order valence-corrected chi connectivity index (χ3v) is 7.29. The molecule has 11 heteroatoms. The van der Waals surface area contributed by atoms with Gasteiger partial charge in [-0.25, -0.2) is 19.0 Å². The maximum atomic E-state index is 14.8. The maximum absolute atomic E-state index is 14.8. The molecule has 0 spiro atoms. The molecule has 2 aromatic heterocycles. The van der Waals surface area contributed by atoms with Gasteiger partial charge in [0.1, 0.15) is 6.10 Å². The molecule has 1 unspecified atom stereocenters. The lowest BCUT2D eigenvalue weighted by molar-refractivity contribution is -0.184. The van der Waals surface area contributed by atoms with Gasteiger partial charge in [-0.2, -0.15) is 0 Å². The minimum atomic E-state index is -1.99. The molecule has 2 aliphatic rings. The molecule has 38 heavy (non-hydrogen) atoms. The van der Waals surface area contributed by atoms with Crippen LogP contribution in [0.4, 0.5) is 9.18 Å². The van der Waals surface area contributed by atoms with E-state index in [2.05, 4.69) is 10.3 Å². The number of hydrogen-bond acceptors (Lipinski definition) is 8. The van der Waals surface area contributed by atoms with Gasteiger partial charge in [0, 0.05) is 34.5 Å². The number of halogens is 1. The van der Waals surface area contributed by atoms with E-state index in [-0.39, 0.29) is 35.4 Å². The van der Waals surface area contributed by atoms with Crippen LogP contribution in [0.2, 0.25) is 0 Å². The number of nitrogens with two attached hydrogens (primary N) is 1. The van der Waals surface area contributed by atoms with Gasteiger partial charge in [-0.05, 0) is 31.2 Å². The third-order valence-electron chi connectivity index (χ3n) is 7.29. The molecule has 4 heterocycles. The number of fused-ring (bicyclic) bond motifs is 5. The summed E-state index contributed by atoms with van der Waals surface area (Å²) in [7, 11) is 1.74. The number of aliphatic hydroxyl groups is 1. The summed E-state index contributed by atoms with van der Waals surface area (Å²) in [5.74, 6) is -1.96. The molecule has 1 aromatic carbocycles. The fourth-order valence-electron chi connectivity index (χ4n) is 5.41. The smallest absolute Gasteiger partial charge is 0.410 e. The monoisotopic (exact) mass is 524 g/mol. The minimum absolute atomic E-state index is 0.00938. The summed E-state index contributed by atoms with van der Waals surface area (Å²) in [4.78, 5) is 43.0. The second-order valence-corrected chi connectivity index (χ2v) is 10.8. The number of benzene rings is 1. The Balaban J connectivity index is 1.82. The lowest BCUT2D eigenvalue weighted by Gasteiger charge is -2.41. The molecule has 200 valence electrons. The highest BCUT2D eigenvalue weighted by molar-refractivity contribution is 5.90. The summed E-state index contributed by atoms with van der Waals surface area (Å²) in [5, 5.41) is 15.0. The van der Waals surface area contributed by atoms with E-state index in [1.165, 1.54) is 6.07 Å². The van der Waals surface area contributed by atoms with Gasteiger partial charge in [0.05, 0.1) is 29.0 Å². The highest BCUT2D eigenvalue weighted by Crippen LogP contribution is 2.47. The lowest BCUT2D eigenvalue weighted by Crippen LogP contribution is -2.48. The van der Waals surface area contributed by atoms with Gasteiger partial charge < -0.3 is 30.2 Å². The average Bonchev–Trinajstić information content (AvgIpc) is 3.20. The molecule has 0 saturated heterocycles. The Bertz CT molecular complexity index is 1590. The number of pyridine rings is 2. The molecular weight excluding hydrogens is 495 g/mol. The van der Waals surface area contributed by atoms with Crippen molar-refractivity contribution in [3.8, 4) is 17.1 Å². The molecule has 1 amide bonds. The summed E-state index contributed by atoms with van der Waals surface area (Å²) in [5.41, 5.74) is 5.11. The predicted molar refractivity (Wildman–Crippen MR) is 136 cm³/mol. The molecule has 0 radical (unpaired) electrons. The molecule has 0 fully saturated rings. The van der Waals surface area contributed by atoms with Crippen LogP contribution in [0.1, 0.15) is 62.5 Å². The summed E-state index contributed by atoms with van der Waals surface area (Å²) in [6.07, 6.45) is -2.00. The Hall–Kier alpha value is -3.83. The number of esters is 1. The zero-order chi connectivity index (χ0) is 27.7. The quantitative estimate of drug-likeness (QED) is 0.346. The van der Waals surface area contributed by atoms with E-state index in [0.29, 0.717) is 28.9 Å². The number of ether oxygens (including phenoxy) is 2. The van der Waals surface area contributed by atoms with Crippen molar-refractivity contribution >= 4 is 23.0 Å². The van der Waals surface area contributed by atoms with Gasteiger partial charge in [-0.1, -0.05) is 27.7 Å². The maximum Gasteiger partial charge on any atom is 0.410 e. The third kappa shape index (κ3) is 3.68. The number of carbonyl (C=O) groups excluding carboxylic acids is 2. The zero-order valence-corrected chi connectivity index (χ0v) is 21.8. The molecule has 10 nitrogen and oxygen atoms in total. The van der Waals surface area contributed by atoms with Crippen LogP contribution in [0.5, 0.6) is 5.75 Å². The van der Waals surface area contributed by atoms with Crippen molar-refractivity contribution in [3.05, 3.63) is 56.6 Å². The number of rotatable bonds is 4. The van der Waals surface area contributed by atoms with Gasteiger partial charge >= 0.3 is 12.1 Å². The first kappa shape index (κ1) is 25.8. The summed E-state index contributed by atoms with van der Waals surface area (Å²) in [6, 6.07) is 4.14. The minimum Gasteiger partial charge on any atom is -0.454 e. The molecule has 2 aliphatic heterocycles. The number of nitrogens with one attached hydrogen (secondary N) is 1. The molecule has 0 saturated carbocycles. The fourth-order valence-corrected chi connectivity index (χ4v) is 5.41. The van der Waals surface area contributed by atoms with E-state index in [4.69, 9.17) is 15.2 Å². The topological polar surface area (TPSA) is 146 Å². The van der Waals surface area contributed by atoms with Crippen molar-refractivity contribution in [2.75, 3.05) is 7.05 Å². The van der Waals surface area contributed by atoms with E-state index in [9.17, 15) is 23.9 Å². The summed E-state index contributed by atoms with van der Waals surface area (Å²) >= 11 is 0. The summed E-state index contributed by atoms with van der Waals surface area (Å²) in [6.45, 7) is 7.72. The largest absolute Gasteiger partial charge is 0.454 e. The molecule has 5 rings (SSSR count). The highest BCUT2D eigenvalue weighted by atomic mass is 19.1. The van der Waals surface area contributed by atoms with E-state index < -0.39 is 40.6 Å². The number of hydrogen-bond donors (Lipinski definition) is 3. The Morgan fingerprint density at radius 2 is 2.05 bits per heavy atom. The SMILES string of the molecule is CCC1(O)C(=O)O[C@@H](C(C)(C)C)c2c1cc1n(c2=O)Cc2c-1nc1cc(F)c(OC(N)=O)cc1c2CNC. The number of aromatic nitrogens is 2. The van der Waals surface area contributed by atoms with E-state index in [0.717, 1.165) is 11.6 Å². The van der Waals surface area contributed by atoms with Crippen LogP contribution in [-0.2, 0) is 28.2 Å². The zero-order valence-electron chi connectivity index (χ0n) is 21.8. The number of nitrogens with zero attached hydrogens (tertiary/aromatic N) is 2. The van der Waals surface area contributed by atoms with Crippen LogP contribution in [-0.4, -0.2) is 33.8 Å². The second-order valence-electron chi connectivity index (χ2n) is 10.8. The summed E-state index contributed by atoms with van der Waals surface area (Å²) < 4.78 is 26.8. The predicted octanol–water partition coefficient (Wildman–Crippen LogP) is 2.98. The Morgan fingerprint density at radius 1 is 1.34 bits per heavy atom. The normalized spacial score (nSPS) is 20.1. The van der Waals surface area contributed by atoms with Gasteiger partial charge in [-0.15, -0.1) is 0 Å². The Labute approximate surface area is 217 Å². The van der Waals surface area contributed by atoms with Gasteiger partial charge in [0.15, 0.2) is 17.2 Å². The first-order chi connectivity index (χ1) is 17.8. The Kier molecular flexibility index (Phi) is 5.84. The van der Waals surface area contributed by atoms with Crippen LogP contribution >= 0.6 is 0 Å². The van der Waals surface area contributed by atoms with Crippen LogP contribution in [0.3, 0.4) is 0 Å². The molecule has 0 aliphatic carbocycles. The number of amides is 1. The Morgan fingerprint density at radius 3 is 2.66 bits per heavy atom. The average molecular weight is 525 g/mol. The standard InChI is InChI=1S/C27H29FN4O6/c1-6-27(36)15-8-18-21-14(11-32(18)23(33)20(15)22(26(2,3)4)38-24(27)34)13(10-30-5)12-7-19(37-25(29)35)16(28)9-17(12)31-21/h7-9,22,30,36H,6,10-11H2,1-5H3,(H2,29,35)/t22-,27?/m1/s1. The van der Waals surface area contributed by atoms with Crippen molar-refractivity contribution < 1.29 is 28.6 Å². The van der Waals surface area contributed by atoms with Gasteiger partial charge in [0.2, 0.25) is 0 Å². The van der Waals surface area contributed by atoms with E-state index >= 15 is 0 Å². The highest BCUT2D eigenvalue weighted by Gasteiger charge is 2.51. The number of cyclic esters (lactones) is 1. The van der Waals surface area contributed by atoms with Crippen molar-refractivity contribution in [1.82, 2.24) is 14.9 Å². The fraction of sp³-hybridized carbons (Fsp3) is 0.407. The first-order valence-corrected chi connectivity index (χ1v) is 12.3. The van der Waals surface area contributed by atoms with E-state index in [1.54, 1.807) is 24.6 Å². The lowest BCUT2D eigenvalue weighted by atomic mass is 9.76. The molecule has 0 bridgehead atoms. The van der Waals surface area contributed by atoms with Crippen molar-refractivity contribution in [2.45, 2.75) is 58.9 Å². The number of primary amides is 1. The molecular formula is C27H29FN4O6. The van der Waals surface area contributed by atoms with Crippen LogP contribution in [0.15, 0.2) is 23.0 Å².